The Kier molecular flexibility index (Phi) is 7.30. The van der Waals surface area contributed by atoms with Gasteiger partial charge in [-0.3, -0.25) is 9.78 Å². The summed E-state index contributed by atoms with van der Waals surface area (Å²) in [5.74, 6) is -0.253. The lowest BCUT2D eigenvalue weighted by atomic mass is 10.0. The van der Waals surface area contributed by atoms with Gasteiger partial charge in [-0.25, -0.2) is 0 Å². The molecule has 4 aromatic rings. The van der Waals surface area contributed by atoms with Crippen LogP contribution in [0.15, 0.2) is 90.6 Å². The molecule has 188 valence electrons. The number of nitrogens with two attached hydrogens (primary N) is 1. The van der Waals surface area contributed by atoms with Gasteiger partial charge in [-0.2, -0.15) is 5.26 Å². The maximum atomic E-state index is 12.6. The topological polar surface area (TPSA) is 104 Å². The highest BCUT2D eigenvalue weighted by molar-refractivity contribution is 6.05. The van der Waals surface area contributed by atoms with Crippen molar-refractivity contribution >= 4 is 22.9 Å². The largest absolute Gasteiger partial charge is 0.397 e. The Hall–Kier alpha value is -4.73. The second kappa shape index (κ2) is 11.1. The minimum atomic E-state index is -0.253. The molecule has 4 N–H and O–H groups in total. The first-order valence-electron chi connectivity index (χ1n) is 12.7. The molecule has 6 heteroatoms. The van der Waals surface area contributed by atoms with Crippen molar-refractivity contribution in [3.8, 4) is 17.3 Å². The lowest BCUT2D eigenvalue weighted by Crippen LogP contribution is -2.15. The number of carbonyl (C=O) groups excluding carboxylic acids is 1. The number of fused-ring (bicyclic) bond motifs is 1. The number of nitrogen functional groups attached to an aromatic ring is 1. The zero-order chi connectivity index (χ0) is 26.5. The minimum absolute atomic E-state index is 0.253. The van der Waals surface area contributed by atoms with E-state index in [-0.39, 0.29) is 5.91 Å². The van der Waals surface area contributed by atoms with Crippen molar-refractivity contribution in [3.63, 3.8) is 0 Å². The summed E-state index contributed by atoms with van der Waals surface area (Å²) in [6.45, 7) is 3.70. The van der Waals surface area contributed by atoms with Gasteiger partial charge < -0.3 is 16.4 Å². The summed E-state index contributed by atoms with van der Waals surface area (Å²) in [6, 6.07) is 27.0. The van der Waals surface area contributed by atoms with Crippen LogP contribution >= 0.6 is 0 Å². The van der Waals surface area contributed by atoms with Gasteiger partial charge >= 0.3 is 0 Å². The summed E-state index contributed by atoms with van der Waals surface area (Å²) in [4.78, 5) is 17.2. The third-order valence-electron chi connectivity index (χ3n) is 6.89. The van der Waals surface area contributed by atoms with E-state index < -0.39 is 0 Å². The number of nitrogens with zero attached hydrogens (tertiary/aromatic N) is 2. The molecule has 0 aliphatic heterocycles. The molecule has 0 saturated heterocycles. The number of rotatable bonds is 8. The predicted octanol–water partition coefficient (Wildman–Crippen LogP) is 5.96. The molecule has 6 nitrogen and oxygen atoms in total. The van der Waals surface area contributed by atoms with Gasteiger partial charge in [0.25, 0.3) is 5.91 Å². The first-order valence-corrected chi connectivity index (χ1v) is 12.7. The fourth-order valence-corrected chi connectivity index (χ4v) is 4.89. The summed E-state index contributed by atoms with van der Waals surface area (Å²) in [7, 11) is 0. The number of anilines is 2. The number of carbonyl (C=O) groups is 1. The van der Waals surface area contributed by atoms with Crippen molar-refractivity contribution in [1.29, 1.82) is 5.26 Å². The number of amides is 1. The van der Waals surface area contributed by atoms with Crippen molar-refractivity contribution in [3.05, 3.63) is 118 Å². The second-order valence-electron chi connectivity index (χ2n) is 9.49. The lowest BCUT2D eigenvalue weighted by molar-refractivity contribution is 0.102. The van der Waals surface area contributed by atoms with Crippen LogP contribution < -0.4 is 16.4 Å². The van der Waals surface area contributed by atoms with Gasteiger partial charge in [0.05, 0.1) is 22.6 Å². The zero-order valence-electron chi connectivity index (χ0n) is 21.3. The quantitative estimate of drug-likeness (QED) is 0.205. The molecule has 0 atom stereocenters. The van der Waals surface area contributed by atoms with E-state index >= 15 is 0 Å². The maximum absolute atomic E-state index is 12.6. The number of pyridine rings is 1. The summed E-state index contributed by atoms with van der Waals surface area (Å²) >= 11 is 0. The molecule has 1 heterocycles. The zero-order valence-corrected chi connectivity index (χ0v) is 21.3. The summed E-state index contributed by atoms with van der Waals surface area (Å²) in [5, 5.41) is 16.1. The monoisotopic (exact) mass is 499 g/mol. The molecular weight excluding hydrogens is 470 g/mol. The SMILES string of the molecule is CC1=C(CCNCc2cnc(-c3ccc(C(=O)Nc4ccccc4N)cc3)c(C#N)c2)c2ccccc2C1. The summed E-state index contributed by atoms with van der Waals surface area (Å²) in [5.41, 5.74) is 16.0. The second-order valence-corrected chi connectivity index (χ2v) is 9.49. The Labute approximate surface area is 222 Å². The van der Waals surface area contributed by atoms with Crippen molar-refractivity contribution in [2.45, 2.75) is 26.3 Å². The van der Waals surface area contributed by atoms with E-state index in [0.717, 1.165) is 30.5 Å². The van der Waals surface area contributed by atoms with E-state index in [1.807, 2.05) is 18.2 Å². The van der Waals surface area contributed by atoms with Crippen LogP contribution in [-0.4, -0.2) is 17.4 Å². The van der Waals surface area contributed by atoms with E-state index in [9.17, 15) is 10.1 Å². The van der Waals surface area contributed by atoms with Crippen LogP contribution in [0.25, 0.3) is 16.8 Å². The Morgan fingerprint density at radius 3 is 2.61 bits per heavy atom. The molecule has 1 aliphatic rings. The standard InChI is InChI=1S/C32H29N5O/c1-21-16-25-6-2-3-7-28(25)27(21)14-15-35-19-22-17-26(18-33)31(36-20-22)23-10-12-24(13-11-23)32(38)37-30-9-5-4-8-29(30)34/h2-13,17,20,35H,14-16,19,34H2,1H3,(H,37,38). The van der Waals surface area contributed by atoms with E-state index in [0.29, 0.717) is 34.7 Å². The van der Waals surface area contributed by atoms with E-state index in [4.69, 9.17) is 5.73 Å². The molecule has 0 spiro atoms. The molecule has 3 aromatic carbocycles. The van der Waals surface area contributed by atoms with Gasteiger partial charge in [0.1, 0.15) is 6.07 Å². The normalized spacial score (nSPS) is 12.2. The molecule has 1 aromatic heterocycles. The number of aromatic nitrogens is 1. The highest BCUT2D eigenvalue weighted by atomic mass is 16.1. The molecule has 0 bridgehead atoms. The smallest absolute Gasteiger partial charge is 0.255 e. The molecular formula is C32H29N5O. The number of para-hydroxylation sites is 2. The highest BCUT2D eigenvalue weighted by Crippen LogP contribution is 2.34. The molecule has 38 heavy (non-hydrogen) atoms. The van der Waals surface area contributed by atoms with Crippen LogP contribution in [0.5, 0.6) is 0 Å². The number of benzene rings is 3. The molecule has 0 saturated carbocycles. The highest BCUT2D eigenvalue weighted by Gasteiger charge is 2.17. The third-order valence-corrected chi connectivity index (χ3v) is 6.89. The summed E-state index contributed by atoms with van der Waals surface area (Å²) < 4.78 is 0. The first kappa shape index (κ1) is 24.9. The van der Waals surface area contributed by atoms with Gasteiger partial charge in [-0.15, -0.1) is 0 Å². The van der Waals surface area contributed by atoms with E-state index in [1.165, 1.54) is 22.3 Å². The molecule has 0 fully saturated rings. The maximum Gasteiger partial charge on any atom is 0.255 e. The average Bonchev–Trinajstić information content (AvgIpc) is 3.27. The Balaban J connectivity index is 1.21. The van der Waals surface area contributed by atoms with Gasteiger partial charge in [0, 0.05) is 23.9 Å². The van der Waals surface area contributed by atoms with Crippen LogP contribution in [-0.2, 0) is 13.0 Å². The van der Waals surface area contributed by atoms with Crippen molar-refractivity contribution in [1.82, 2.24) is 10.3 Å². The minimum Gasteiger partial charge on any atom is -0.397 e. The average molecular weight is 500 g/mol. The van der Waals surface area contributed by atoms with Crippen LogP contribution in [0.2, 0.25) is 0 Å². The van der Waals surface area contributed by atoms with E-state index in [2.05, 4.69) is 52.9 Å². The number of nitrogens with one attached hydrogen (secondary N) is 2. The molecule has 0 radical (unpaired) electrons. The predicted molar refractivity (Wildman–Crippen MR) is 152 cm³/mol. The molecule has 1 aliphatic carbocycles. The molecule has 1 amide bonds. The van der Waals surface area contributed by atoms with Crippen molar-refractivity contribution in [2.24, 2.45) is 0 Å². The number of hydrogen-bond donors (Lipinski definition) is 3. The Morgan fingerprint density at radius 1 is 1.05 bits per heavy atom. The van der Waals surface area contributed by atoms with Gasteiger partial charge in [0.15, 0.2) is 0 Å². The van der Waals surface area contributed by atoms with Crippen LogP contribution in [0.3, 0.4) is 0 Å². The first-order chi connectivity index (χ1) is 18.5. The molecule has 0 unspecified atom stereocenters. The van der Waals surface area contributed by atoms with Crippen molar-refractivity contribution in [2.75, 3.05) is 17.6 Å². The number of hydrogen-bond acceptors (Lipinski definition) is 5. The number of nitriles is 1. The molecule has 5 rings (SSSR count). The van der Waals surface area contributed by atoms with Gasteiger partial charge in [-0.1, -0.05) is 54.1 Å². The summed E-state index contributed by atoms with van der Waals surface area (Å²) in [6.07, 6.45) is 3.81. The van der Waals surface area contributed by atoms with Crippen molar-refractivity contribution < 1.29 is 4.79 Å². The number of allylic oxidation sites excluding steroid dienone is 1. The fraction of sp³-hybridized carbons (Fsp3) is 0.156. The Bertz CT molecular complexity index is 1560. The van der Waals surface area contributed by atoms with Crippen LogP contribution in [0, 0.1) is 11.3 Å². The van der Waals surface area contributed by atoms with Gasteiger partial charge in [0.2, 0.25) is 0 Å². The van der Waals surface area contributed by atoms with Gasteiger partial charge in [-0.05, 0) is 78.9 Å². The fourth-order valence-electron chi connectivity index (χ4n) is 4.89. The van der Waals surface area contributed by atoms with Crippen LogP contribution in [0.1, 0.15) is 46.0 Å². The Morgan fingerprint density at radius 2 is 1.82 bits per heavy atom. The third kappa shape index (κ3) is 5.34. The van der Waals surface area contributed by atoms with Crippen LogP contribution in [0.4, 0.5) is 11.4 Å². The van der Waals surface area contributed by atoms with E-state index in [1.54, 1.807) is 42.6 Å². The lowest BCUT2D eigenvalue weighted by Gasteiger charge is -2.11.